The van der Waals surface area contributed by atoms with E-state index in [0.29, 0.717) is 10.3 Å². The van der Waals surface area contributed by atoms with E-state index < -0.39 is 0 Å². The number of hydrogen-bond donors (Lipinski definition) is 2. The minimum Gasteiger partial charge on any atom is -0.364 e. The summed E-state index contributed by atoms with van der Waals surface area (Å²) < 4.78 is 1.73. The van der Waals surface area contributed by atoms with E-state index in [0.717, 1.165) is 28.1 Å². The zero-order valence-corrected chi connectivity index (χ0v) is 14.5. The van der Waals surface area contributed by atoms with Gasteiger partial charge in [-0.3, -0.25) is 5.43 Å². The lowest BCUT2D eigenvalue weighted by molar-refractivity contribution is 0.855. The number of halogens is 1. The molecule has 0 atom stereocenters. The van der Waals surface area contributed by atoms with Gasteiger partial charge in [-0.15, -0.1) is 0 Å². The van der Waals surface area contributed by atoms with Crippen LogP contribution < -0.4 is 10.7 Å². The number of hydrazone groups is 1. The summed E-state index contributed by atoms with van der Waals surface area (Å²) in [4.78, 5) is 0. The van der Waals surface area contributed by atoms with Crippen molar-refractivity contribution in [1.82, 2.24) is 20.5 Å². The van der Waals surface area contributed by atoms with Crippen molar-refractivity contribution in [3.63, 3.8) is 0 Å². The highest BCUT2D eigenvalue weighted by Crippen LogP contribution is 2.24. The van der Waals surface area contributed by atoms with E-state index in [4.69, 9.17) is 23.8 Å². The summed E-state index contributed by atoms with van der Waals surface area (Å²) in [7, 11) is 1.72. The average Bonchev–Trinajstić information content (AvgIpc) is 2.77. The molecule has 0 radical (unpaired) electrons. The number of rotatable bonds is 3. The predicted molar refractivity (Wildman–Crippen MR) is 95.2 cm³/mol. The minimum absolute atomic E-state index is 0.437. The largest absolute Gasteiger partial charge is 0.364 e. The van der Waals surface area contributed by atoms with Crippen molar-refractivity contribution in [2.45, 2.75) is 20.8 Å². The third-order valence-corrected chi connectivity index (χ3v) is 3.89. The molecule has 0 unspecified atom stereocenters. The number of aryl methyl sites for hydroxylation is 3. The number of thiocarbonyl (C=S) groups is 1. The molecule has 0 spiro atoms. The first-order chi connectivity index (χ1) is 10.4. The van der Waals surface area contributed by atoms with Crippen LogP contribution in [0.3, 0.4) is 0 Å². The molecule has 1 aromatic heterocycles. The molecule has 2 aromatic rings. The molecule has 0 aliphatic rings. The lowest BCUT2D eigenvalue weighted by Gasteiger charge is -2.08. The van der Waals surface area contributed by atoms with E-state index in [1.807, 2.05) is 20.8 Å². The maximum atomic E-state index is 6.47. The van der Waals surface area contributed by atoms with Gasteiger partial charge in [0.05, 0.1) is 23.2 Å². The van der Waals surface area contributed by atoms with Gasteiger partial charge in [-0.2, -0.15) is 10.2 Å². The Morgan fingerprint density at radius 1 is 1.36 bits per heavy atom. The molecule has 0 saturated carbocycles. The van der Waals surface area contributed by atoms with Crippen molar-refractivity contribution >= 4 is 35.1 Å². The van der Waals surface area contributed by atoms with Gasteiger partial charge < -0.3 is 5.32 Å². The summed E-state index contributed by atoms with van der Waals surface area (Å²) >= 11 is 11.4. The molecule has 116 valence electrons. The topological polar surface area (TPSA) is 54.2 Å². The summed E-state index contributed by atoms with van der Waals surface area (Å²) in [6.07, 6.45) is 1.62. The van der Waals surface area contributed by atoms with Crippen LogP contribution in [0.25, 0.3) is 5.69 Å². The van der Waals surface area contributed by atoms with Gasteiger partial charge in [-0.25, -0.2) is 4.68 Å². The zero-order valence-electron chi connectivity index (χ0n) is 12.9. The first-order valence-corrected chi connectivity index (χ1v) is 7.56. The lowest BCUT2D eigenvalue weighted by atomic mass is 10.1. The first kappa shape index (κ1) is 16.5. The van der Waals surface area contributed by atoms with Gasteiger partial charge in [-0.05, 0) is 50.2 Å². The van der Waals surface area contributed by atoms with Crippen molar-refractivity contribution in [2.24, 2.45) is 5.10 Å². The predicted octanol–water partition coefficient (Wildman–Crippen LogP) is 2.88. The number of nitrogens with one attached hydrogen (secondary N) is 2. The molecule has 0 saturated heterocycles. The van der Waals surface area contributed by atoms with Crippen molar-refractivity contribution in [3.05, 3.63) is 45.7 Å². The van der Waals surface area contributed by atoms with Gasteiger partial charge in [0.15, 0.2) is 5.11 Å². The Morgan fingerprint density at radius 3 is 2.77 bits per heavy atom. The summed E-state index contributed by atoms with van der Waals surface area (Å²) in [6, 6.07) is 6.18. The average molecular weight is 336 g/mol. The Bertz CT molecular complexity index is 736. The summed E-state index contributed by atoms with van der Waals surface area (Å²) in [5.74, 6) is 0. The lowest BCUT2D eigenvalue weighted by Crippen LogP contribution is -2.28. The Labute approximate surface area is 140 Å². The van der Waals surface area contributed by atoms with Crippen LogP contribution in [-0.4, -0.2) is 28.2 Å². The maximum Gasteiger partial charge on any atom is 0.186 e. The number of benzene rings is 1. The molecule has 2 rings (SSSR count). The second kappa shape index (κ2) is 6.89. The molecule has 5 nitrogen and oxygen atoms in total. The smallest absolute Gasteiger partial charge is 0.186 e. The van der Waals surface area contributed by atoms with Gasteiger partial charge in [-0.1, -0.05) is 23.7 Å². The monoisotopic (exact) mass is 335 g/mol. The molecule has 2 N–H and O–H groups in total. The Morgan fingerprint density at radius 2 is 2.09 bits per heavy atom. The van der Waals surface area contributed by atoms with E-state index in [1.165, 1.54) is 0 Å². The van der Waals surface area contributed by atoms with E-state index in [2.05, 4.69) is 39.1 Å². The van der Waals surface area contributed by atoms with E-state index in [9.17, 15) is 0 Å². The molecule has 0 aliphatic carbocycles. The molecule has 1 aromatic carbocycles. The van der Waals surface area contributed by atoms with E-state index >= 15 is 0 Å². The first-order valence-electron chi connectivity index (χ1n) is 6.77. The number of aromatic nitrogens is 2. The van der Waals surface area contributed by atoms with E-state index in [-0.39, 0.29) is 0 Å². The summed E-state index contributed by atoms with van der Waals surface area (Å²) in [5.41, 5.74) is 7.48. The van der Waals surface area contributed by atoms with Gasteiger partial charge in [0.25, 0.3) is 0 Å². The van der Waals surface area contributed by atoms with E-state index in [1.54, 1.807) is 17.9 Å². The van der Waals surface area contributed by atoms with Crippen molar-refractivity contribution in [3.8, 4) is 5.69 Å². The number of nitrogens with zero attached hydrogens (tertiary/aromatic N) is 3. The van der Waals surface area contributed by atoms with Crippen molar-refractivity contribution in [1.29, 1.82) is 0 Å². The fraction of sp³-hybridized carbons (Fsp3) is 0.267. The van der Waals surface area contributed by atoms with Crippen molar-refractivity contribution in [2.75, 3.05) is 7.05 Å². The molecule has 0 amide bonds. The molecular formula is C15H18ClN5S. The molecular weight excluding hydrogens is 318 g/mol. The van der Waals surface area contributed by atoms with Crippen molar-refractivity contribution < 1.29 is 0 Å². The summed E-state index contributed by atoms with van der Waals surface area (Å²) in [5, 5.41) is 12.3. The van der Waals surface area contributed by atoms with Gasteiger partial charge in [0.2, 0.25) is 0 Å². The highest BCUT2D eigenvalue weighted by atomic mass is 35.5. The highest BCUT2D eigenvalue weighted by molar-refractivity contribution is 7.80. The molecule has 22 heavy (non-hydrogen) atoms. The molecule has 7 heteroatoms. The van der Waals surface area contributed by atoms with Crippen LogP contribution in [0.15, 0.2) is 23.3 Å². The molecule has 0 aliphatic heterocycles. The third kappa shape index (κ3) is 3.45. The Hall–Kier alpha value is -1.92. The second-order valence-electron chi connectivity index (χ2n) is 4.94. The van der Waals surface area contributed by atoms with Gasteiger partial charge in [0.1, 0.15) is 5.15 Å². The van der Waals surface area contributed by atoms with Gasteiger partial charge >= 0.3 is 0 Å². The standard InChI is InChI=1S/C15H18ClN5S/c1-9-5-6-10(2)13(7-9)21-14(16)12(11(3)20-21)8-18-19-15(22)17-4/h5-8H,1-4H3,(H2,17,19,22)/b18-8-. The fourth-order valence-corrected chi connectivity index (χ4v) is 2.34. The maximum absolute atomic E-state index is 6.47. The highest BCUT2D eigenvalue weighted by Gasteiger charge is 2.14. The molecule has 0 bridgehead atoms. The quantitative estimate of drug-likeness (QED) is 0.514. The Balaban J connectivity index is 2.39. The van der Waals surface area contributed by atoms with Crippen LogP contribution in [0.5, 0.6) is 0 Å². The molecule has 1 heterocycles. The van der Waals surface area contributed by atoms with Crippen LogP contribution in [0, 0.1) is 20.8 Å². The van der Waals surface area contributed by atoms with Crippen LogP contribution in [0.2, 0.25) is 5.15 Å². The SMILES string of the molecule is CNC(=S)N/N=C\c1c(C)nn(-c2cc(C)ccc2C)c1Cl. The van der Waals surface area contributed by atoms with Crippen LogP contribution >= 0.6 is 23.8 Å². The minimum atomic E-state index is 0.437. The van der Waals surface area contributed by atoms with Gasteiger partial charge in [0, 0.05) is 7.05 Å². The molecule has 0 fully saturated rings. The fourth-order valence-electron chi connectivity index (χ4n) is 1.98. The normalized spacial score (nSPS) is 11.0. The zero-order chi connectivity index (χ0) is 16.3. The Kier molecular flexibility index (Phi) is 5.15. The van der Waals surface area contributed by atoms with Crippen LogP contribution in [-0.2, 0) is 0 Å². The van der Waals surface area contributed by atoms with Crippen LogP contribution in [0.1, 0.15) is 22.4 Å². The number of hydrogen-bond acceptors (Lipinski definition) is 3. The summed E-state index contributed by atoms with van der Waals surface area (Å²) in [6.45, 7) is 5.96. The third-order valence-electron chi connectivity index (χ3n) is 3.23. The van der Waals surface area contributed by atoms with Crippen LogP contribution in [0.4, 0.5) is 0 Å². The second-order valence-corrected chi connectivity index (χ2v) is 5.71.